The first-order chi connectivity index (χ1) is 16.6. The largest absolute Gasteiger partial charge is 0.481 e. The number of carboxylic acids is 1. The molecule has 0 aliphatic rings. The third-order valence-corrected chi connectivity index (χ3v) is 6.83. The molecule has 0 aromatic carbocycles. The van der Waals surface area contributed by atoms with Crippen molar-refractivity contribution >= 4 is 5.97 Å². The van der Waals surface area contributed by atoms with Crippen LogP contribution in [0.5, 0.6) is 0 Å². The molecule has 0 aromatic rings. The predicted octanol–water partition coefficient (Wildman–Crippen LogP) is 6.45. The highest BCUT2D eigenvalue weighted by atomic mass is 16.4. The number of unbranched alkanes of at least 4 members (excludes halogenated alkanes) is 6. The first-order valence-corrected chi connectivity index (χ1v) is 13.5. The maximum absolute atomic E-state index is 10.6. The molecule has 0 rings (SSSR count). The Morgan fingerprint density at radius 1 is 0.743 bits per heavy atom. The van der Waals surface area contributed by atoms with Gasteiger partial charge in [-0.15, -0.1) is 0 Å². The summed E-state index contributed by atoms with van der Waals surface area (Å²) in [7, 11) is 0. The first-order valence-electron chi connectivity index (χ1n) is 13.5. The van der Waals surface area contributed by atoms with Gasteiger partial charge in [0.1, 0.15) is 0 Å². The summed E-state index contributed by atoms with van der Waals surface area (Å²) < 4.78 is 0. The molecule has 202 valence electrons. The summed E-state index contributed by atoms with van der Waals surface area (Å²) in [6.07, 6.45) is 20.8. The van der Waals surface area contributed by atoms with Crippen LogP contribution in [0.3, 0.4) is 0 Å². The Hall–Kier alpha value is -1.69. The van der Waals surface area contributed by atoms with Crippen molar-refractivity contribution < 1.29 is 25.2 Å². The van der Waals surface area contributed by atoms with Gasteiger partial charge in [0.05, 0.1) is 18.3 Å². The minimum absolute atomic E-state index is 0.0182. The summed E-state index contributed by atoms with van der Waals surface area (Å²) in [6.45, 7) is 11.5. The molecule has 0 fully saturated rings. The summed E-state index contributed by atoms with van der Waals surface area (Å²) in [5.41, 5.74) is 0. The Labute approximate surface area is 214 Å². The van der Waals surface area contributed by atoms with E-state index in [2.05, 4.69) is 18.7 Å². The lowest BCUT2D eigenvalue weighted by atomic mass is 9.87. The summed E-state index contributed by atoms with van der Waals surface area (Å²) in [5.74, 6) is -0.897. The number of rotatable bonds is 21. The normalized spacial score (nSPS) is 18.5. The van der Waals surface area contributed by atoms with Gasteiger partial charge in [-0.3, -0.25) is 4.79 Å². The molecule has 5 heteroatoms. The summed E-state index contributed by atoms with van der Waals surface area (Å²) >= 11 is 0. The lowest BCUT2D eigenvalue weighted by molar-refractivity contribution is -0.137. The van der Waals surface area contributed by atoms with E-state index in [4.69, 9.17) is 5.11 Å². The second-order valence-electron chi connectivity index (χ2n) is 10.1. The highest BCUT2D eigenvalue weighted by Gasteiger charge is 2.25. The minimum atomic E-state index is -0.709. The smallest absolute Gasteiger partial charge is 0.303 e. The van der Waals surface area contributed by atoms with Crippen LogP contribution in [0.25, 0.3) is 0 Å². The van der Waals surface area contributed by atoms with E-state index in [0.717, 1.165) is 44.9 Å². The predicted molar refractivity (Wildman–Crippen MR) is 146 cm³/mol. The van der Waals surface area contributed by atoms with Crippen LogP contribution in [-0.4, -0.2) is 44.7 Å². The van der Waals surface area contributed by atoms with Crippen LogP contribution in [-0.2, 0) is 4.79 Å². The fourth-order valence-corrected chi connectivity index (χ4v) is 4.18. The van der Waals surface area contributed by atoms with Gasteiger partial charge in [-0.05, 0) is 32.1 Å². The first kappa shape index (κ1) is 33.3. The second kappa shape index (κ2) is 20.5. The lowest BCUT2D eigenvalue weighted by Crippen LogP contribution is -2.33. The summed E-state index contributed by atoms with van der Waals surface area (Å²) in [5, 5.41) is 40.1. The number of aliphatic hydroxyl groups is 3. The molecule has 0 spiro atoms. The Morgan fingerprint density at radius 3 is 1.83 bits per heavy atom. The minimum Gasteiger partial charge on any atom is -0.481 e. The molecule has 0 heterocycles. The van der Waals surface area contributed by atoms with E-state index in [0.29, 0.717) is 12.8 Å². The Kier molecular flexibility index (Phi) is 19.5. The van der Waals surface area contributed by atoms with E-state index in [-0.39, 0.29) is 30.1 Å². The van der Waals surface area contributed by atoms with Crippen LogP contribution in [0.4, 0.5) is 0 Å². The van der Waals surface area contributed by atoms with Crippen molar-refractivity contribution in [2.45, 2.75) is 110 Å². The van der Waals surface area contributed by atoms with Gasteiger partial charge in [-0.25, -0.2) is 0 Å². The molecule has 0 aliphatic heterocycles. The molecule has 0 amide bonds. The van der Waals surface area contributed by atoms with Gasteiger partial charge >= 0.3 is 5.97 Å². The van der Waals surface area contributed by atoms with E-state index in [1.54, 1.807) is 6.08 Å². The quantitative estimate of drug-likeness (QED) is 0.0838. The Balaban J connectivity index is 4.15. The van der Waals surface area contributed by atoms with Crippen molar-refractivity contribution in [2.24, 2.45) is 23.7 Å². The van der Waals surface area contributed by atoms with Gasteiger partial charge in [0, 0.05) is 30.1 Å². The van der Waals surface area contributed by atoms with E-state index in [9.17, 15) is 20.1 Å². The third kappa shape index (κ3) is 16.6. The zero-order chi connectivity index (χ0) is 26.6. The van der Waals surface area contributed by atoms with Gasteiger partial charge in [0.2, 0.25) is 0 Å². The number of hydrogen-bond acceptors (Lipinski definition) is 4. The zero-order valence-corrected chi connectivity index (χ0v) is 22.6. The summed E-state index contributed by atoms with van der Waals surface area (Å²) in [4.78, 5) is 10.5. The van der Waals surface area contributed by atoms with E-state index in [1.165, 1.54) is 0 Å². The second-order valence-corrected chi connectivity index (χ2v) is 10.1. The maximum Gasteiger partial charge on any atom is 0.303 e. The molecule has 7 atom stereocenters. The average molecular weight is 493 g/mol. The molecule has 5 nitrogen and oxygen atoms in total. The van der Waals surface area contributed by atoms with E-state index in [1.807, 2.05) is 52.0 Å². The van der Waals surface area contributed by atoms with Gasteiger partial charge in [0.15, 0.2) is 0 Å². The monoisotopic (exact) mass is 492 g/mol. The van der Waals surface area contributed by atoms with Crippen LogP contribution in [0.2, 0.25) is 0 Å². The molecule has 0 aromatic heterocycles. The number of carboxylic acid groups (broad SMARTS) is 1. The van der Waals surface area contributed by atoms with Gasteiger partial charge < -0.3 is 20.4 Å². The Morgan fingerprint density at radius 2 is 1.26 bits per heavy atom. The zero-order valence-electron chi connectivity index (χ0n) is 22.6. The van der Waals surface area contributed by atoms with Crippen molar-refractivity contribution in [3.63, 3.8) is 0 Å². The average Bonchev–Trinajstić information content (AvgIpc) is 2.83. The van der Waals surface area contributed by atoms with Crippen molar-refractivity contribution in [1.29, 1.82) is 0 Å². The lowest BCUT2D eigenvalue weighted by Gasteiger charge is -2.27. The standard InChI is InChI=1S/C30H52O5/c1-6-7-18-25(4)30(35)26(5)27(31)21-17-16-20-24(3)29(34)23(2)19-14-12-10-8-9-11-13-15-22-28(32)33/h6-7,14,16,18-20,23-27,29-31,34-35H,1,8-13,15,17,21-22H2,2-5H3,(H,32,33)/b18-7+,19-14+,20-16+/t23-,24-,25-,26+,27+,29-,30+/m0/s1. The molecule has 0 saturated carbocycles. The van der Waals surface area contributed by atoms with Gasteiger partial charge in [-0.1, -0.05) is 102 Å². The molecule has 35 heavy (non-hydrogen) atoms. The van der Waals surface area contributed by atoms with Crippen LogP contribution in [0, 0.1) is 23.7 Å². The van der Waals surface area contributed by atoms with Gasteiger partial charge in [0.25, 0.3) is 0 Å². The van der Waals surface area contributed by atoms with E-state index >= 15 is 0 Å². The number of carbonyl (C=O) groups is 1. The molecule has 0 unspecified atom stereocenters. The SMILES string of the molecule is C=C/C=C/[C@H](C)[C@@H](O)[C@H](C)[C@H](O)CC/C=C/[C@H](C)[C@@H](O)[C@@H](C)/C=C/CCCCCCCCC(=O)O. The molecule has 0 bridgehead atoms. The van der Waals surface area contributed by atoms with Crippen LogP contribution in [0.1, 0.15) is 91.9 Å². The van der Waals surface area contributed by atoms with Crippen LogP contribution in [0.15, 0.2) is 49.1 Å². The number of aliphatic hydroxyl groups excluding tert-OH is 3. The molecule has 0 aliphatic carbocycles. The highest BCUT2D eigenvalue weighted by molar-refractivity contribution is 5.66. The van der Waals surface area contributed by atoms with Crippen molar-refractivity contribution in [2.75, 3.05) is 0 Å². The molecular formula is C30H52O5. The third-order valence-electron chi connectivity index (χ3n) is 6.83. The molecule has 4 N–H and O–H groups in total. The Bertz CT molecular complexity index is 639. The maximum atomic E-state index is 10.6. The van der Waals surface area contributed by atoms with Gasteiger partial charge in [-0.2, -0.15) is 0 Å². The number of aliphatic carboxylic acids is 1. The highest BCUT2D eigenvalue weighted by Crippen LogP contribution is 2.21. The molecule has 0 saturated heterocycles. The topological polar surface area (TPSA) is 98.0 Å². The fraction of sp³-hybridized carbons (Fsp3) is 0.700. The molecular weight excluding hydrogens is 440 g/mol. The number of hydrogen-bond donors (Lipinski definition) is 4. The van der Waals surface area contributed by atoms with Crippen molar-refractivity contribution in [1.82, 2.24) is 0 Å². The van der Waals surface area contributed by atoms with E-state index < -0.39 is 24.3 Å². The summed E-state index contributed by atoms with van der Waals surface area (Å²) in [6, 6.07) is 0. The molecule has 0 radical (unpaired) electrons. The van der Waals surface area contributed by atoms with Crippen molar-refractivity contribution in [3.8, 4) is 0 Å². The number of allylic oxidation sites excluding steroid dienone is 4. The van der Waals surface area contributed by atoms with Crippen LogP contribution >= 0.6 is 0 Å². The fourth-order valence-electron chi connectivity index (χ4n) is 4.18. The van der Waals surface area contributed by atoms with Crippen LogP contribution < -0.4 is 0 Å². The van der Waals surface area contributed by atoms with Crippen molar-refractivity contribution in [3.05, 3.63) is 49.1 Å².